The second-order valence-corrected chi connectivity index (χ2v) is 4.73. The highest BCUT2D eigenvalue weighted by atomic mass is 16.5. The van der Waals surface area contributed by atoms with Crippen molar-refractivity contribution in [2.45, 2.75) is 0 Å². The van der Waals surface area contributed by atoms with Gasteiger partial charge in [0, 0.05) is 5.69 Å². The second kappa shape index (κ2) is 6.61. The SMILES string of the molecule is COc1ccc(Nc2nncc(Nc3ccccc3N)n2)cc1. The Balaban J connectivity index is 1.75. The number of nitrogens with one attached hydrogen (secondary N) is 2. The third-order valence-electron chi connectivity index (χ3n) is 3.13. The summed E-state index contributed by atoms with van der Waals surface area (Å²) in [6.45, 7) is 0. The Bertz CT molecular complexity index is 791. The second-order valence-electron chi connectivity index (χ2n) is 4.73. The number of aromatic nitrogens is 3. The molecular formula is C16H16N6O. The topological polar surface area (TPSA) is 98.0 Å². The average molecular weight is 308 g/mol. The number of hydrogen-bond donors (Lipinski definition) is 3. The maximum atomic E-state index is 5.90. The Kier molecular flexibility index (Phi) is 4.19. The first-order chi connectivity index (χ1) is 11.2. The number of nitrogens with zero attached hydrogens (tertiary/aromatic N) is 3. The molecule has 0 atom stereocenters. The van der Waals surface area contributed by atoms with Gasteiger partial charge in [0.15, 0.2) is 5.82 Å². The lowest BCUT2D eigenvalue weighted by molar-refractivity contribution is 0.415. The van der Waals surface area contributed by atoms with Crippen LogP contribution in [0, 0.1) is 0 Å². The van der Waals surface area contributed by atoms with E-state index in [0.29, 0.717) is 17.5 Å². The van der Waals surface area contributed by atoms with Gasteiger partial charge in [-0.25, -0.2) is 0 Å². The molecule has 0 aliphatic rings. The van der Waals surface area contributed by atoms with Crippen molar-refractivity contribution in [1.29, 1.82) is 0 Å². The van der Waals surface area contributed by atoms with Crippen LogP contribution in [0.2, 0.25) is 0 Å². The van der Waals surface area contributed by atoms with Gasteiger partial charge in [0.25, 0.3) is 0 Å². The number of anilines is 5. The van der Waals surface area contributed by atoms with Crippen LogP contribution < -0.4 is 21.1 Å². The number of hydrogen-bond acceptors (Lipinski definition) is 7. The van der Waals surface area contributed by atoms with Crippen LogP contribution in [0.4, 0.5) is 28.8 Å². The summed E-state index contributed by atoms with van der Waals surface area (Å²) in [5.74, 6) is 1.72. The number of para-hydroxylation sites is 2. The number of methoxy groups -OCH3 is 1. The maximum Gasteiger partial charge on any atom is 0.249 e. The fraction of sp³-hybridized carbons (Fsp3) is 0.0625. The summed E-state index contributed by atoms with van der Waals surface area (Å²) in [4.78, 5) is 4.36. The summed E-state index contributed by atoms with van der Waals surface area (Å²) in [7, 11) is 1.62. The molecule has 0 aliphatic carbocycles. The van der Waals surface area contributed by atoms with Crippen LogP contribution in [0.25, 0.3) is 0 Å². The Morgan fingerprint density at radius 2 is 1.78 bits per heavy atom. The van der Waals surface area contributed by atoms with Crippen LogP contribution in [-0.2, 0) is 0 Å². The summed E-state index contributed by atoms with van der Waals surface area (Å²) >= 11 is 0. The summed E-state index contributed by atoms with van der Waals surface area (Å²) < 4.78 is 5.12. The number of ether oxygens (including phenoxy) is 1. The fourth-order valence-corrected chi connectivity index (χ4v) is 1.97. The van der Waals surface area contributed by atoms with Gasteiger partial charge in [-0.3, -0.25) is 0 Å². The van der Waals surface area contributed by atoms with Crippen molar-refractivity contribution in [2.75, 3.05) is 23.5 Å². The van der Waals surface area contributed by atoms with E-state index >= 15 is 0 Å². The fourth-order valence-electron chi connectivity index (χ4n) is 1.97. The van der Waals surface area contributed by atoms with E-state index in [-0.39, 0.29) is 0 Å². The predicted octanol–water partition coefficient (Wildman–Crippen LogP) is 2.95. The van der Waals surface area contributed by atoms with E-state index in [1.54, 1.807) is 7.11 Å². The summed E-state index contributed by atoms with van der Waals surface area (Å²) in [5, 5.41) is 14.1. The van der Waals surface area contributed by atoms with Crippen LogP contribution >= 0.6 is 0 Å². The van der Waals surface area contributed by atoms with E-state index in [9.17, 15) is 0 Å². The van der Waals surface area contributed by atoms with Crippen molar-refractivity contribution >= 4 is 28.8 Å². The third-order valence-corrected chi connectivity index (χ3v) is 3.13. The Labute approximate surface area is 133 Å². The number of rotatable bonds is 5. The first kappa shape index (κ1) is 14.6. The van der Waals surface area contributed by atoms with Gasteiger partial charge in [-0.2, -0.15) is 10.1 Å². The van der Waals surface area contributed by atoms with Gasteiger partial charge in [-0.1, -0.05) is 12.1 Å². The molecule has 4 N–H and O–H groups in total. The molecule has 23 heavy (non-hydrogen) atoms. The minimum atomic E-state index is 0.384. The number of benzene rings is 2. The molecule has 0 aliphatic heterocycles. The summed E-state index contributed by atoms with van der Waals surface area (Å²) in [6, 6.07) is 14.9. The molecule has 0 amide bonds. The maximum absolute atomic E-state index is 5.90. The molecule has 116 valence electrons. The lowest BCUT2D eigenvalue weighted by atomic mass is 10.3. The first-order valence-electron chi connectivity index (χ1n) is 6.97. The third kappa shape index (κ3) is 3.65. The highest BCUT2D eigenvalue weighted by molar-refractivity contribution is 5.71. The molecule has 7 nitrogen and oxygen atoms in total. The largest absolute Gasteiger partial charge is 0.497 e. The van der Waals surface area contributed by atoms with Crippen LogP contribution in [0.3, 0.4) is 0 Å². The van der Waals surface area contributed by atoms with Crippen molar-refractivity contribution in [3.05, 3.63) is 54.7 Å². The molecule has 0 unspecified atom stereocenters. The predicted molar refractivity (Wildman–Crippen MR) is 90.2 cm³/mol. The van der Waals surface area contributed by atoms with E-state index in [0.717, 1.165) is 17.1 Å². The molecule has 2 aromatic carbocycles. The van der Waals surface area contributed by atoms with Crippen molar-refractivity contribution in [2.24, 2.45) is 0 Å². The Hall–Kier alpha value is -3.35. The molecule has 0 bridgehead atoms. The first-order valence-corrected chi connectivity index (χ1v) is 6.97. The standard InChI is InChI=1S/C16H16N6O/c1-23-12-8-6-11(7-9-12)19-16-21-15(10-18-22-16)20-14-5-3-2-4-13(14)17/h2-10H,17H2,1H3,(H2,19,20,21,22). The normalized spacial score (nSPS) is 10.1. The van der Waals surface area contributed by atoms with Crippen LogP contribution in [0.1, 0.15) is 0 Å². The van der Waals surface area contributed by atoms with Crippen LogP contribution in [-0.4, -0.2) is 22.3 Å². The van der Waals surface area contributed by atoms with Gasteiger partial charge in [-0.05, 0) is 36.4 Å². The van der Waals surface area contributed by atoms with Crippen molar-refractivity contribution in [3.63, 3.8) is 0 Å². The molecule has 7 heteroatoms. The quantitative estimate of drug-likeness (QED) is 0.623. The van der Waals surface area contributed by atoms with Gasteiger partial charge in [0.1, 0.15) is 5.75 Å². The smallest absolute Gasteiger partial charge is 0.249 e. The summed E-state index contributed by atoms with van der Waals surface area (Å²) in [5.41, 5.74) is 8.14. The monoisotopic (exact) mass is 308 g/mol. The van der Waals surface area contributed by atoms with Crippen molar-refractivity contribution < 1.29 is 4.74 Å². The molecule has 0 saturated carbocycles. The zero-order chi connectivity index (χ0) is 16.1. The number of nitrogens with two attached hydrogens (primary N) is 1. The van der Waals surface area contributed by atoms with E-state index in [1.165, 1.54) is 6.20 Å². The van der Waals surface area contributed by atoms with E-state index in [1.807, 2.05) is 48.5 Å². The van der Waals surface area contributed by atoms with Gasteiger partial charge in [-0.15, -0.1) is 5.10 Å². The number of nitrogen functional groups attached to an aromatic ring is 1. The Morgan fingerprint density at radius 3 is 2.52 bits per heavy atom. The van der Waals surface area contributed by atoms with Gasteiger partial charge in [0.05, 0.1) is 24.7 Å². The minimum absolute atomic E-state index is 0.384. The molecular weight excluding hydrogens is 292 g/mol. The molecule has 1 heterocycles. The lowest BCUT2D eigenvalue weighted by Gasteiger charge is -2.09. The zero-order valence-electron chi connectivity index (χ0n) is 12.5. The minimum Gasteiger partial charge on any atom is -0.497 e. The van der Waals surface area contributed by atoms with Crippen LogP contribution in [0.5, 0.6) is 5.75 Å². The molecule has 0 spiro atoms. The van der Waals surface area contributed by atoms with Crippen LogP contribution in [0.15, 0.2) is 54.7 Å². The highest BCUT2D eigenvalue weighted by Crippen LogP contribution is 2.22. The highest BCUT2D eigenvalue weighted by Gasteiger charge is 2.04. The van der Waals surface area contributed by atoms with E-state index in [4.69, 9.17) is 10.5 Å². The van der Waals surface area contributed by atoms with Gasteiger partial charge < -0.3 is 21.1 Å². The van der Waals surface area contributed by atoms with E-state index < -0.39 is 0 Å². The molecule has 0 fully saturated rings. The average Bonchev–Trinajstić information content (AvgIpc) is 2.58. The van der Waals surface area contributed by atoms with Gasteiger partial charge in [0.2, 0.25) is 5.95 Å². The summed E-state index contributed by atoms with van der Waals surface area (Å²) in [6.07, 6.45) is 1.53. The van der Waals surface area contributed by atoms with E-state index in [2.05, 4.69) is 25.8 Å². The molecule has 0 saturated heterocycles. The Morgan fingerprint density at radius 1 is 1.00 bits per heavy atom. The zero-order valence-corrected chi connectivity index (χ0v) is 12.5. The van der Waals surface area contributed by atoms with Crippen molar-refractivity contribution in [3.8, 4) is 5.75 Å². The molecule has 3 aromatic rings. The molecule has 0 radical (unpaired) electrons. The molecule has 1 aromatic heterocycles. The molecule has 3 rings (SSSR count). The lowest BCUT2D eigenvalue weighted by Crippen LogP contribution is -2.03. The van der Waals surface area contributed by atoms with Gasteiger partial charge >= 0.3 is 0 Å². The van der Waals surface area contributed by atoms with Crippen molar-refractivity contribution in [1.82, 2.24) is 15.2 Å².